The van der Waals surface area contributed by atoms with E-state index in [2.05, 4.69) is 15.6 Å². The van der Waals surface area contributed by atoms with Crippen LogP contribution in [0.25, 0.3) is 0 Å². The molecule has 0 atom stereocenters. The van der Waals surface area contributed by atoms with Gasteiger partial charge in [0.15, 0.2) is 11.4 Å². The van der Waals surface area contributed by atoms with Gasteiger partial charge < -0.3 is 5.32 Å². The van der Waals surface area contributed by atoms with Crippen LogP contribution in [0.4, 0.5) is 9.18 Å². The second-order valence-electron chi connectivity index (χ2n) is 5.05. The number of benzene rings is 2. The van der Waals surface area contributed by atoms with E-state index >= 15 is 0 Å². The van der Waals surface area contributed by atoms with Crippen LogP contribution in [0.1, 0.15) is 11.1 Å². The third-order valence-corrected chi connectivity index (χ3v) is 3.20. The van der Waals surface area contributed by atoms with Gasteiger partial charge in [-0.05, 0) is 23.3 Å². The van der Waals surface area contributed by atoms with Crippen molar-refractivity contribution in [1.29, 1.82) is 10.5 Å². The fourth-order valence-corrected chi connectivity index (χ4v) is 1.91. The van der Waals surface area contributed by atoms with E-state index in [0.29, 0.717) is 5.56 Å². The van der Waals surface area contributed by atoms with Crippen LogP contribution >= 0.6 is 0 Å². The van der Waals surface area contributed by atoms with Crippen molar-refractivity contribution in [3.8, 4) is 12.1 Å². The van der Waals surface area contributed by atoms with Crippen molar-refractivity contribution < 1.29 is 9.18 Å². The lowest BCUT2D eigenvalue weighted by molar-refractivity contribution is 0.243. The topological polar surface area (TPSA) is 101 Å². The molecule has 0 saturated heterocycles. The summed E-state index contributed by atoms with van der Waals surface area (Å²) in [6.45, 7) is 0.270. The van der Waals surface area contributed by atoms with Crippen LogP contribution in [0.15, 0.2) is 71.0 Å². The van der Waals surface area contributed by atoms with Crippen LogP contribution in [-0.4, -0.2) is 12.2 Å². The van der Waals surface area contributed by atoms with E-state index in [1.165, 1.54) is 30.5 Å². The fourth-order valence-electron chi connectivity index (χ4n) is 1.91. The zero-order valence-electron chi connectivity index (χ0n) is 13.6. The van der Waals surface area contributed by atoms with Gasteiger partial charge in [0.1, 0.15) is 18.0 Å². The van der Waals surface area contributed by atoms with Crippen LogP contribution in [0.5, 0.6) is 0 Å². The second kappa shape index (κ2) is 9.36. The van der Waals surface area contributed by atoms with Crippen molar-refractivity contribution >= 4 is 12.2 Å². The number of carbonyl (C=O) groups is 1. The second-order valence-corrected chi connectivity index (χ2v) is 5.05. The number of halogens is 1. The maximum atomic E-state index is 12.9. The Balaban J connectivity index is 2.05. The lowest BCUT2D eigenvalue weighted by Gasteiger charge is -2.07. The number of hydrogen-bond donors (Lipinski definition) is 2. The molecule has 128 valence electrons. The van der Waals surface area contributed by atoms with Crippen LogP contribution in [-0.2, 0) is 6.54 Å². The number of carbonyl (C=O) groups excluding carboxylic acids is 1. The number of nitrogens with one attached hydrogen (secondary N) is 2. The van der Waals surface area contributed by atoms with Gasteiger partial charge in [-0.2, -0.15) is 10.5 Å². The molecule has 0 spiro atoms. The highest BCUT2D eigenvalue weighted by Crippen LogP contribution is 2.05. The van der Waals surface area contributed by atoms with E-state index in [-0.39, 0.29) is 17.9 Å². The normalized spacial score (nSPS) is 11.2. The summed E-state index contributed by atoms with van der Waals surface area (Å²) in [5.74, 6) is -0.396. The summed E-state index contributed by atoms with van der Waals surface area (Å²) in [6.07, 6.45) is 1.30. The smallest absolute Gasteiger partial charge is 0.320 e. The zero-order chi connectivity index (χ0) is 18.8. The molecule has 0 saturated carbocycles. The molecule has 6 nitrogen and oxygen atoms in total. The Morgan fingerprint density at radius 3 is 2.38 bits per heavy atom. The highest BCUT2D eigenvalue weighted by molar-refractivity contribution is 5.81. The zero-order valence-corrected chi connectivity index (χ0v) is 13.6. The molecule has 2 aromatic rings. The number of urea groups is 1. The van der Waals surface area contributed by atoms with Crippen LogP contribution in [0.2, 0.25) is 0 Å². The number of nitrogens with zero attached hydrogens (tertiary/aromatic N) is 3. The Bertz CT molecular complexity index is 906. The molecule has 0 radical (unpaired) electrons. The molecular formula is C19H14FN5O. The Labute approximate surface area is 149 Å². The number of aliphatic imine (C=N–C) groups is 1. The molecule has 0 bridgehead atoms. The van der Waals surface area contributed by atoms with Crippen molar-refractivity contribution in [3.63, 3.8) is 0 Å². The lowest BCUT2D eigenvalue weighted by Crippen LogP contribution is -2.34. The number of nitriles is 2. The summed E-state index contributed by atoms with van der Waals surface area (Å²) < 4.78 is 12.9. The van der Waals surface area contributed by atoms with Gasteiger partial charge in [-0.3, -0.25) is 5.32 Å². The number of hydrogen-bond acceptors (Lipinski definition) is 4. The summed E-state index contributed by atoms with van der Waals surface area (Å²) in [4.78, 5) is 15.8. The molecule has 2 rings (SSSR count). The van der Waals surface area contributed by atoms with Crippen molar-refractivity contribution in [2.24, 2.45) is 4.99 Å². The molecule has 2 aromatic carbocycles. The Morgan fingerprint density at radius 2 is 1.77 bits per heavy atom. The summed E-state index contributed by atoms with van der Waals surface area (Å²) in [5.41, 5.74) is 0.896. The number of amides is 2. The molecule has 26 heavy (non-hydrogen) atoms. The van der Waals surface area contributed by atoms with E-state index in [9.17, 15) is 14.4 Å². The predicted octanol–water partition coefficient (Wildman–Crippen LogP) is 3.00. The Kier molecular flexibility index (Phi) is 6.61. The molecule has 2 N–H and O–H groups in total. The molecule has 0 aliphatic heterocycles. The van der Waals surface area contributed by atoms with Gasteiger partial charge in [0.2, 0.25) is 0 Å². The van der Waals surface area contributed by atoms with Crippen molar-refractivity contribution in [2.75, 3.05) is 0 Å². The first kappa shape index (κ1) is 18.4. The standard InChI is InChI=1S/C19H14FN5O/c20-16-8-6-15(7-9-16)12-23-17(10-21)18(11-22)25-19(26)24-13-14-4-2-1-3-5-14/h1-9,12H,13H2,(H2,24,25,26)/b18-17+,23-12?. The molecule has 0 heterocycles. The molecular weight excluding hydrogens is 333 g/mol. The van der Waals surface area contributed by atoms with Gasteiger partial charge in [0.05, 0.1) is 0 Å². The summed E-state index contributed by atoms with van der Waals surface area (Å²) in [7, 11) is 0. The SMILES string of the molecule is N#C/C(N=Cc1ccc(F)cc1)=C(/C#N)NC(=O)NCc1ccccc1. The van der Waals surface area contributed by atoms with Gasteiger partial charge in [0, 0.05) is 12.8 Å². The van der Waals surface area contributed by atoms with E-state index in [1.54, 1.807) is 12.1 Å². The van der Waals surface area contributed by atoms with Crippen LogP contribution in [0.3, 0.4) is 0 Å². The average molecular weight is 347 g/mol. The monoisotopic (exact) mass is 347 g/mol. The van der Waals surface area contributed by atoms with Crippen molar-refractivity contribution in [1.82, 2.24) is 10.6 Å². The van der Waals surface area contributed by atoms with Gasteiger partial charge in [-0.25, -0.2) is 14.2 Å². The van der Waals surface area contributed by atoms with Gasteiger partial charge in [-0.1, -0.05) is 42.5 Å². The first-order chi connectivity index (χ1) is 12.6. The molecule has 0 aliphatic carbocycles. The van der Waals surface area contributed by atoms with E-state index in [0.717, 1.165) is 5.56 Å². The summed E-state index contributed by atoms with van der Waals surface area (Å²) >= 11 is 0. The quantitative estimate of drug-likeness (QED) is 0.642. The third-order valence-electron chi connectivity index (χ3n) is 3.20. The largest absolute Gasteiger partial charge is 0.334 e. The third kappa shape index (κ3) is 5.59. The summed E-state index contributed by atoms with van der Waals surface area (Å²) in [6, 6.07) is 17.5. The maximum Gasteiger partial charge on any atom is 0.320 e. The van der Waals surface area contributed by atoms with Crippen LogP contribution < -0.4 is 10.6 Å². The average Bonchev–Trinajstić information content (AvgIpc) is 2.68. The van der Waals surface area contributed by atoms with Gasteiger partial charge >= 0.3 is 6.03 Å². The van der Waals surface area contributed by atoms with E-state index in [4.69, 9.17) is 5.26 Å². The Hall–Kier alpha value is -3.97. The molecule has 2 amide bonds. The molecule has 0 aromatic heterocycles. The van der Waals surface area contributed by atoms with Crippen molar-refractivity contribution in [3.05, 3.63) is 82.9 Å². The van der Waals surface area contributed by atoms with E-state index < -0.39 is 11.8 Å². The number of allylic oxidation sites excluding steroid dienone is 2. The first-order valence-electron chi connectivity index (χ1n) is 7.55. The molecule has 0 unspecified atom stereocenters. The van der Waals surface area contributed by atoms with E-state index in [1.807, 2.05) is 30.3 Å². The van der Waals surface area contributed by atoms with Gasteiger partial charge in [0.25, 0.3) is 0 Å². The fraction of sp³-hybridized carbons (Fsp3) is 0.0526. The predicted molar refractivity (Wildman–Crippen MR) is 94.1 cm³/mol. The highest BCUT2D eigenvalue weighted by atomic mass is 19.1. The molecule has 7 heteroatoms. The Morgan fingerprint density at radius 1 is 1.08 bits per heavy atom. The minimum atomic E-state index is -0.630. The minimum absolute atomic E-state index is 0.258. The lowest BCUT2D eigenvalue weighted by atomic mass is 10.2. The van der Waals surface area contributed by atoms with Crippen LogP contribution in [0, 0.1) is 28.5 Å². The summed E-state index contributed by atoms with van der Waals surface area (Å²) in [5, 5.41) is 23.2. The first-order valence-corrected chi connectivity index (χ1v) is 7.55. The number of rotatable bonds is 5. The highest BCUT2D eigenvalue weighted by Gasteiger charge is 2.09. The maximum absolute atomic E-state index is 12.9. The minimum Gasteiger partial charge on any atom is -0.334 e. The van der Waals surface area contributed by atoms with Crippen molar-refractivity contribution in [2.45, 2.75) is 6.54 Å². The van der Waals surface area contributed by atoms with Gasteiger partial charge in [-0.15, -0.1) is 0 Å². The molecule has 0 fully saturated rings. The molecule has 0 aliphatic rings.